The predicted molar refractivity (Wildman–Crippen MR) is 49.9 cm³/mol. The third kappa shape index (κ3) is 1.39. The van der Waals surface area contributed by atoms with Crippen LogP contribution >= 0.6 is 0 Å². The maximum absolute atomic E-state index is 11.3. The molecule has 2 rings (SSSR count). The molecule has 0 radical (unpaired) electrons. The first-order chi connectivity index (χ1) is 6.72. The third-order valence-corrected chi connectivity index (χ3v) is 2.52. The Balaban J connectivity index is 2.35. The van der Waals surface area contributed by atoms with E-state index in [4.69, 9.17) is 5.73 Å². The minimum absolute atomic E-state index is 0.127. The zero-order valence-corrected chi connectivity index (χ0v) is 8.06. The van der Waals surface area contributed by atoms with Crippen LogP contribution in [0.15, 0.2) is 6.20 Å². The zero-order valence-electron chi connectivity index (χ0n) is 8.06. The Bertz CT molecular complexity index is 359. The van der Waals surface area contributed by atoms with E-state index < -0.39 is 0 Å². The fourth-order valence-electron chi connectivity index (χ4n) is 1.74. The minimum atomic E-state index is -0.333. The molecule has 1 unspecified atom stereocenters. The van der Waals surface area contributed by atoms with E-state index >= 15 is 0 Å². The molecule has 0 saturated carbocycles. The van der Waals surface area contributed by atoms with Gasteiger partial charge in [0.05, 0.1) is 19.0 Å². The predicted octanol–water partition coefficient (Wildman–Crippen LogP) is -0.0568. The molecular formula is C9H13N3O2. The van der Waals surface area contributed by atoms with Crippen LogP contribution in [0.3, 0.4) is 0 Å². The fourth-order valence-corrected chi connectivity index (χ4v) is 1.74. The maximum atomic E-state index is 11.3. The van der Waals surface area contributed by atoms with Gasteiger partial charge in [0.1, 0.15) is 5.56 Å². The lowest BCUT2D eigenvalue weighted by Crippen LogP contribution is -2.31. The second kappa shape index (κ2) is 3.42. The van der Waals surface area contributed by atoms with Crippen molar-refractivity contribution in [1.29, 1.82) is 0 Å². The van der Waals surface area contributed by atoms with Crippen molar-refractivity contribution < 1.29 is 9.53 Å². The normalized spacial score (nSPS) is 20.3. The van der Waals surface area contributed by atoms with Crippen molar-refractivity contribution in [3.8, 4) is 0 Å². The molecule has 5 heteroatoms. The summed E-state index contributed by atoms with van der Waals surface area (Å²) in [5.74, 6) is -0.333. The first-order valence-electron chi connectivity index (χ1n) is 4.61. The van der Waals surface area contributed by atoms with Crippen molar-refractivity contribution in [2.45, 2.75) is 25.4 Å². The number of esters is 1. The average Bonchev–Trinajstić information content (AvgIpc) is 2.59. The van der Waals surface area contributed by atoms with Crippen molar-refractivity contribution in [1.82, 2.24) is 9.78 Å². The lowest BCUT2D eigenvalue weighted by atomic mass is 10.0. The first-order valence-corrected chi connectivity index (χ1v) is 4.61. The van der Waals surface area contributed by atoms with E-state index in [1.165, 1.54) is 7.11 Å². The number of nitrogens with zero attached hydrogens (tertiary/aromatic N) is 2. The largest absolute Gasteiger partial charge is 0.465 e. The number of methoxy groups -OCH3 is 1. The second-order valence-electron chi connectivity index (χ2n) is 3.47. The summed E-state index contributed by atoms with van der Waals surface area (Å²) < 4.78 is 6.49. The summed E-state index contributed by atoms with van der Waals surface area (Å²) in [7, 11) is 1.37. The van der Waals surface area contributed by atoms with E-state index in [-0.39, 0.29) is 12.0 Å². The number of aryl methyl sites for hydroxylation is 1. The molecule has 0 fully saturated rings. The Morgan fingerprint density at radius 1 is 1.79 bits per heavy atom. The van der Waals surface area contributed by atoms with Gasteiger partial charge in [0, 0.05) is 19.0 Å². The molecule has 5 nitrogen and oxygen atoms in total. The summed E-state index contributed by atoms with van der Waals surface area (Å²) in [4.78, 5) is 11.3. The SMILES string of the molecule is COC(=O)c1cnn2c1CC(N)CC2. The molecule has 1 aromatic rings. The Labute approximate surface area is 81.8 Å². The van der Waals surface area contributed by atoms with Crippen molar-refractivity contribution in [3.63, 3.8) is 0 Å². The van der Waals surface area contributed by atoms with Gasteiger partial charge in [-0.15, -0.1) is 0 Å². The van der Waals surface area contributed by atoms with Crippen LogP contribution < -0.4 is 5.73 Å². The first kappa shape index (κ1) is 9.21. The number of carbonyl (C=O) groups excluding carboxylic acids is 1. The number of fused-ring (bicyclic) bond motifs is 1. The summed E-state index contributed by atoms with van der Waals surface area (Å²) in [6.07, 6.45) is 3.17. The van der Waals surface area contributed by atoms with Gasteiger partial charge in [0.25, 0.3) is 0 Å². The molecule has 76 valence electrons. The molecule has 1 aromatic heterocycles. The van der Waals surface area contributed by atoms with Gasteiger partial charge >= 0.3 is 5.97 Å². The molecule has 1 aliphatic heterocycles. The molecule has 2 heterocycles. The van der Waals surface area contributed by atoms with Gasteiger partial charge in [-0.05, 0) is 6.42 Å². The van der Waals surface area contributed by atoms with E-state index in [1.54, 1.807) is 6.20 Å². The van der Waals surface area contributed by atoms with Crippen molar-refractivity contribution >= 4 is 5.97 Å². The van der Waals surface area contributed by atoms with Gasteiger partial charge in [0.15, 0.2) is 0 Å². The number of ether oxygens (including phenoxy) is 1. The molecule has 14 heavy (non-hydrogen) atoms. The molecule has 1 atom stereocenters. The number of hydrogen-bond donors (Lipinski definition) is 1. The quantitative estimate of drug-likeness (QED) is 0.637. The van der Waals surface area contributed by atoms with Crippen LogP contribution in [-0.4, -0.2) is 28.9 Å². The van der Waals surface area contributed by atoms with Crippen LogP contribution in [0.1, 0.15) is 22.5 Å². The smallest absolute Gasteiger partial charge is 0.341 e. The van der Waals surface area contributed by atoms with Crippen LogP contribution in [0.4, 0.5) is 0 Å². The molecule has 0 aliphatic carbocycles. The average molecular weight is 195 g/mol. The van der Waals surface area contributed by atoms with Crippen LogP contribution in [0.2, 0.25) is 0 Å². The number of carbonyl (C=O) groups is 1. The topological polar surface area (TPSA) is 70.1 Å². The minimum Gasteiger partial charge on any atom is -0.465 e. The van der Waals surface area contributed by atoms with Gasteiger partial charge in [-0.25, -0.2) is 4.79 Å². The lowest BCUT2D eigenvalue weighted by molar-refractivity contribution is 0.0599. The fraction of sp³-hybridized carbons (Fsp3) is 0.556. The Kier molecular flexibility index (Phi) is 2.25. The monoisotopic (exact) mass is 195 g/mol. The highest BCUT2D eigenvalue weighted by atomic mass is 16.5. The van der Waals surface area contributed by atoms with E-state index in [1.807, 2.05) is 4.68 Å². The van der Waals surface area contributed by atoms with Gasteiger partial charge in [-0.2, -0.15) is 5.10 Å². The molecule has 0 saturated heterocycles. The maximum Gasteiger partial charge on any atom is 0.341 e. The summed E-state index contributed by atoms with van der Waals surface area (Å²) in [5.41, 5.74) is 7.27. The van der Waals surface area contributed by atoms with Crippen molar-refractivity contribution in [2.75, 3.05) is 7.11 Å². The van der Waals surface area contributed by atoms with Gasteiger partial charge in [0.2, 0.25) is 0 Å². The molecule has 1 aliphatic rings. The molecule has 0 spiro atoms. The molecule has 2 N–H and O–H groups in total. The highest BCUT2D eigenvalue weighted by molar-refractivity contribution is 5.90. The standard InChI is InChI=1S/C9H13N3O2/c1-14-9(13)7-5-11-12-3-2-6(10)4-8(7)12/h5-6H,2-4,10H2,1H3. The summed E-state index contributed by atoms with van der Waals surface area (Å²) in [5, 5.41) is 4.12. The number of aromatic nitrogens is 2. The number of rotatable bonds is 1. The molecule has 0 aromatic carbocycles. The van der Waals surface area contributed by atoms with Crippen molar-refractivity contribution in [2.24, 2.45) is 5.73 Å². The van der Waals surface area contributed by atoms with E-state index in [0.717, 1.165) is 18.7 Å². The van der Waals surface area contributed by atoms with E-state index in [9.17, 15) is 4.79 Å². The van der Waals surface area contributed by atoms with Crippen LogP contribution in [0, 0.1) is 0 Å². The zero-order chi connectivity index (χ0) is 10.1. The van der Waals surface area contributed by atoms with Gasteiger partial charge in [-0.1, -0.05) is 0 Å². The highest BCUT2D eigenvalue weighted by Crippen LogP contribution is 2.17. The van der Waals surface area contributed by atoms with Crippen LogP contribution in [0.25, 0.3) is 0 Å². The summed E-state index contributed by atoms with van der Waals surface area (Å²) in [6.45, 7) is 0.785. The van der Waals surface area contributed by atoms with Gasteiger partial charge < -0.3 is 10.5 Å². The third-order valence-electron chi connectivity index (χ3n) is 2.52. The summed E-state index contributed by atoms with van der Waals surface area (Å²) in [6, 6.07) is 0.127. The molecular weight excluding hydrogens is 182 g/mol. The van der Waals surface area contributed by atoms with E-state index in [2.05, 4.69) is 9.84 Å². The second-order valence-corrected chi connectivity index (χ2v) is 3.47. The van der Waals surface area contributed by atoms with E-state index in [0.29, 0.717) is 12.0 Å². The molecule has 0 bridgehead atoms. The Morgan fingerprint density at radius 2 is 2.57 bits per heavy atom. The highest BCUT2D eigenvalue weighted by Gasteiger charge is 2.23. The van der Waals surface area contributed by atoms with Crippen LogP contribution in [0.5, 0.6) is 0 Å². The Morgan fingerprint density at radius 3 is 3.29 bits per heavy atom. The number of hydrogen-bond acceptors (Lipinski definition) is 4. The van der Waals surface area contributed by atoms with Gasteiger partial charge in [-0.3, -0.25) is 4.68 Å². The summed E-state index contributed by atoms with van der Waals surface area (Å²) >= 11 is 0. The number of nitrogens with two attached hydrogens (primary N) is 1. The van der Waals surface area contributed by atoms with Crippen molar-refractivity contribution in [3.05, 3.63) is 17.5 Å². The Hall–Kier alpha value is -1.36. The lowest BCUT2D eigenvalue weighted by Gasteiger charge is -2.20. The van der Waals surface area contributed by atoms with Crippen LogP contribution in [-0.2, 0) is 17.7 Å². The molecule has 0 amide bonds.